The van der Waals surface area contributed by atoms with Gasteiger partial charge in [0.15, 0.2) is 27.3 Å². The van der Waals surface area contributed by atoms with Crippen LogP contribution in [0.1, 0.15) is 18.5 Å². The van der Waals surface area contributed by atoms with E-state index in [0.717, 1.165) is 18.4 Å². The summed E-state index contributed by atoms with van der Waals surface area (Å²) in [5, 5.41) is 1.63. The highest BCUT2D eigenvalue weighted by atomic mass is 32.2. The van der Waals surface area contributed by atoms with E-state index in [1.807, 2.05) is 0 Å². The van der Waals surface area contributed by atoms with E-state index in [-0.39, 0.29) is 5.56 Å². The molecule has 0 saturated heterocycles. The third-order valence-electron chi connectivity index (χ3n) is 2.86. The Bertz CT molecular complexity index is 545. The number of hydrogen-bond donors (Lipinski definition) is 1. The van der Waals surface area contributed by atoms with Gasteiger partial charge in [-0.3, -0.25) is 0 Å². The summed E-state index contributed by atoms with van der Waals surface area (Å²) in [5.41, 5.74) is -0.214. The Kier molecular flexibility index (Phi) is 4.39. The molecule has 0 radical (unpaired) electrons. The van der Waals surface area contributed by atoms with Gasteiger partial charge < -0.3 is 5.32 Å². The van der Waals surface area contributed by atoms with Crippen molar-refractivity contribution in [2.24, 2.45) is 0 Å². The molecule has 18 heavy (non-hydrogen) atoms. The molecule has 7 heteroatoms. The Balaban J connectivity index is 3.31. The molecule has 0 aliphatic rings. The first-order chi connectivity index (χ1) is 8.20. The molecular formula is C11H14F3NO2S. The highest BCUT2D eigenvalue weighted by molar-refractivity contribution is 7.91. The molecule has 0 amide bonds. The number of rotatable bonds is 4. The second kappa shape index (κ2) is 5.27. The summed E-state index contributed by atoms with van der Waals surface area (Å²) in [6.45, 7) is 1.37. The SMILES string of the molecule is CNC(c1ccc(F)c(F)c1F)C(C)S(C)(=O)=O. The second-order valence-corrected chi connectivity index (χ2v) is 6.47. The van der Waals surface area contributed by atoms with Gasteiger partial charge in [-0.25, -0.2) is 21.6 Å². The fourth-order valence-electron chi connectivity index (χ4n) is 1.67. The molecule has 1 aromatic carbocycles. The molecule has 0 fully saturated rings. The third kappa shape index (κ3) is 2.84. The maximum Gasteiger partial charge on any atom is 0.194 e. The van der Waals surface area contributed by atoms with E-state index >= 15 is 0 Å². The van der Waals surface area contributed by atoms with Crippen molar-refractivity contribution in [1.29, 1.82) is 0 Å². The van der Waals surface area contributed by atoms with Crippen molar-refractivity contribution in [3.05, 3.63) is 35.1 Å². The van der Waals surface area contributed by atoms with E-state index in [1.54, 1.807) is 0 Å². The van der Waals surface area contributed by atoms with Gasteiger partial charge in [0, 0.05) is 11.8 Å². The van der Waals surface area contributed by atoms with Gasteiger partial charge in [-0.1, -0.05) is 6.07 Å². The Labute approximate surface area is 104 Å². The first-order valence-electron chi connectivity index (χ1n) is 5.19. The summed E-state index contributed by atoms with van der Waals surface area (Å²) >= 11 is 0. The van der Waals surface area contributed by atoms with Gasteiger partial charge in [-0.05, 0) is 20.0 Å². The van der Waals surface area contributed by atoms with Gasteiger partial charge in [-0.2, -0.15) is 0 Å². The van der Waals surface area contributed by atoms with Gasteiger partial charge in [-0.15, -0.1) is 0 Å². The predicted octanol–water partition coefficient (Wildman–Crippen LogP) is 1.80. The fourth-order valence-corrected chi connectivity index (χ4v) is 2.45. The van der Waals surface area contributed by atoms with E-state index in [0.29, 0.717) is 0 Å². The van der Waals surface area contributed by atoms with E-state index < -0.39 is 38.6 Å². The van der Waals surface area contributed by atoms with Crippen LogP contribution >= 0.6 is 0 Å². The molecule has 0 heterocycles. The zero-order valence-electron chi connectivity index (χ0n) is 10.2. The molecule has 0 aliphatic heterocycles. The van der Waals surface area contributed by atoms with Gasteiger partial charge in [0.05, 0.1) is 11.3 Å². The van der Waals surface area contributed by atoms with Crippen LogP contribution in [0.25, 0.3) is 0 Å². The van der Waals surface area contributed by atoms with Crippen LogP contribution in [-0.2, 0) is 9.84 Å². The molecule has 0 aromatic heterocycles. The number of benzene rings is 1. The standard InChI is InChI=1S/C11H14F3NO2S/c1-6(18(3,16)17)11(15-2)7-4-5-8(12)10(14)9(7)13/h4-6,11,15H,1-3H3. The van der Waals surface area contributed by atoms with E-state index in [4.69, 9.17) is 0 Å². The zero-order chi connectivity index (χ0) is 14.1. The van der Waals surface area contributed by atoms with Crippen LogP contribution in [-0.4, -0.2) is 27.0 Å². The maximum absolute atomic E-state index is 13.6. The van der Waals surface area contributed by atoms with Crippen molar-refractivity contribution in [1.82, 2.24) is 5.32 Å². The van der Waals surface area contributed by atoms with E-state index in [2.05, 4.69) is 5.32 Å². The average Bonchev–Trinajstić information content (AvgIpc) is 2.28. The van der Waals surface area contributed by atoms with Crippen molar-refractivity contribution < 1.29 is 21.6 Å². The molecule has 102 valence electrons. The molecule has 2 unspecified atom stereocenters. The molecule has 1 aromatic rings. The van der Waals surface area contributed by atoms with E-state index in [9.17, 15) is 21.6 Å². The highest BCUT2D eigenvalue weighted by Crippen LogP contribution is 2.26. The lowest BCUT2D eigenvalue weighted by Gasteiger charge is -2.23. The van der Waals surface area contributed by atoms with Crippen molar-refractivity contribution >= 4 is 9.84 Å². The molecule has 0 saturated carbocycles. The molecule has 1 rings (SSSR count). The van der Waals surface area contributed by atoms with Crippen LogP contribution in [0, 0.1) is 17.5 Å². The smallest absolute Gasteiger partial charge is 0.194 e. The van der Waals surface area contributed by atoms with Gasteiger partial charge >= 0.3 is 0 Å². The monoisotopic (exact) mass is 281 g/mol. The van der Waals surface area contributed by atoms with Gasteiger partial charge in [0.25, 0.3) is 0 Å². The molecule has 0 bridgehead atoms. The molecule has 1 N–H and O–H groups in total. The first-order valence-corrected chi connectivity index (χ1v) is 7.15. The molecule has 0 aliphatic carbocycles. The summed E-state index contributed by atoms with van der Waals surface area (Å²) in [6.07, 6.45) is 1.000. The number of hydrogen-bond acceptors (Lipinski definition) is 3. The van der Waals surface area contributed by atoms with Crippen molar-refractivity contribution in [2.75, 3.05) is 13.3 Å². The summed E-state index contributed by atoms with van der Waals surface area (Å²) < 4.78 is 62.4. The van der Waals surface area contributed by atoms with Crippen molar-refractivity contribution in [3.63, 3.8) is 0 Å². The number of sulfone groups is 1. The molecule has 3 nitrogen and oxygen atoms in total. The lowest BCUT2D eigenvalue weighted by molar-refractivity contribution is 0.426. The van der Waals surface area contributed by atoms with Crippen molar-refractivity contribution in [2.45, 2.75) is 18.2 Å². The van der Waals surface area contributed by atoms with Crippen LogP contribution in [0.5, 0.6) is 0 Å². The third-order valence-corrected chi connectivity index (χ3v) is 4.48. The topological polar surface area (TPSA) is 46.2 Å². The van der Waals surface area contributed by atoms with Crippen LogP contribution in [0.2, 0.25) is 0 Å². The molecule has 2 atom stereocenters. The Hall–Kier alpha value is -1.08. The molecule has 0 spiro atoms. The highest BCUT2D eigenvalue weighted by Gasteiger charge is 2.29. The van der Waals surface area contributed by atoms with Crippen LogP contribution in [0.4, 0.5) is 13.2 Å². The zero-order valence-corrected chi connectivity index (χ0v) is 11.0. The minimum Gasteiger partial charge on any atom is -0.312 e. The lowest BCUT2D eigenvalue weighted by atomic mass is 10.0. The minimum absolute atomic E-state index is 0.214. The Morgan fingerprint density at radius 3 is 2.17 bits per heavy atom. The van der Waals surface area contributed by atoms with Gasteiger partial charge in [0.1, 0.15) is 0 Å². The summed E-state index contributed by atoms with van der Waals surface area (Å²) in [4.78, 5) is 0. The second-order valence-electron chi connectivity index (χ2n) is 4.07. The molecular weight excluding hydrogens is 267 g/mol. The van der Waals surface area contributed by atoms with E-state index in [1.165, 1.54) is 14.0 Å². The van der Waals surface area contributed by atoms with Crippen LogP contribution < -0.4 is 5.32 Å². The van der Waals surface area contributed by atoms with Crippen LogP contribution in [0.15, 0.2) is 12.1 Å². The Morgan fingerprint density at radius 2 is 1.72 bits per heavy atom. The first kappa shape index (κ1) is 15.0. The van der Waals surface area contributed by atoms with Gasteiger partial charge in [0.2, 0.25) is 0 Å². The Morgan fingerprint density at radius 1 is 1.17 bits per heavy atom. The predicted molar refractivity (Wildman–Crippen MR) is 62.4 cm³/mol. The summed E-state index contributed by atoms with van der Waals surface area (Å²) in [5.74, 6) is -4.28. The quantitative estimate of drug-likeness (QED) is 0.856. The minimum atomic E-state index is -3.45. The maximum atomic E-state index is 13.6. The van der Waals surface area contributed by atoms with Crippen LogP contribution in [0.3, 0.4) is 0 Å². The lowest BCUT2D eigenvalue weighted by Crippen LogP contribution is -2.33. The fraction of sp³-hybridized carbons (Fsp3) is 0.455. The summed E-state index contributed by atoms with van der Waals surface area (Å²) in [6, 6.07) is 0.860. The largest absolute Gasteiger partial charge is 0.312 e. The average molecular weight is 281 g/mol. The van der Waals surface area contributed by atoms with Crippen molar-refractivity contribution in [3.8, 4) is 0 Å². The number of halogens is 3. The number of nitrogens with one attached hydrogen (secondary N) is 1. The normalized spacial score (nSPS) is 15.4. The summed E-state index contributed by atoms with van der Waals surface area (Å²) in [7, 11) is -2.02.